The van der Waals surface area contributed by atoms with Crippen LogP contribution in [0, 0.1) is 0 Å². The number of furan rings is 1. The number of nitrogens with zero attached hydrogens (tertiary/aromatic N) is 4. The lowest BCUT2D eigenvalue weighted by molar-refractivity contribution is -0.0382. The van der Waals surface area contributed by atoms with E-state index in [-0.39, 0.29) is 25.4 Å². The van der Waals surface area contributed by atoms with Gasteiger partial charge in [-0.15, -0.1) is 16.4 Å². The van der Waals surface area contributed by atoms with E-state index in [0.717, 1.165) is 16.1 Å². The number of methoxy groups -OCH3 is 1. The summed E-state index contributed by atoms with van der Waals surface area (Å²) in [5.41, 5.74) is 1.94. The molecule has 1 aliphatic carbocycles. The van der Waals surface area contributed by atoms with Crippen molar-refractivity contribution in [2.45, 2.75) is 57.5 Å². The van der Waals surface area contributed by atoms with Gasteiger partial charge >= 0.3 is 5.84 Å². The van der Waals surface area contributed by atoms with Crippen molar-refractivity contribution >= 4 is 28.2 Å². The van der Waals surface area contributed by atoms with Gasteiger partial charge in [-0.3, -0.25) is 0 Å². The van der Waals surface area contributed by atoms with Crippen molar-refractivity contribution in [1.82, 2.24) is 19.6 Å². The Hall–Kier alpha value is -3.47. The van der Waals surface area contributed by atoms with Gasteiger partial charge < -0.3 is 18.3 Å². The van der Waals surface area contributed by atoms with Gasteiger partial charge in [-0.05, 0) is 18.9 Å². The van der Waals surface area contributed by atoms with E-state index in [0.29, 0.717) is 59.5 Å². The van der Waals surface area contributed by atoms with Crippen molar-refractivity contribution in [2.24, 2.45) is 0 Å². The lowest BCUT2D eigenvalue weighted by atomic mass is 9.87. The number of rotatable bonds is 7. The number of fused-ring (bicyclic) bond motifs is 2. The maximum Gasteiger partial charge on any atom is 0.325 e. The van der Waals surface area contributed by atoms with Gasteiger partial charge in [0.05, 0.1) is 29.4 Å². The highest BCUT2D eigenvalue weighted by Gasteiger charge is 2.36. The summed E-state index contributed by atoms with van der Waals surface area (Å²) in [4.78, 5) is 9.15. The van der Waals surface area contributed by atoms with Crippen molar-refractivity contribution in [3.05, 3.63) is 46.4 Å². The highest BCUT2D eigenvalue weighted by Crippen LogP contribution is 2.42. The van der Waals surface area contributed by atoms with Crippen LogP contribution in [0.5, 0.6) is 11.5 Å². The summed E-state index contributed by atoms with van der Waals surface area (Å²) in [6, 6.07) is 5.45. The second-order valence-electron chi connectivity index (χ2n) is 8.95. The average molecular weight is 515 g/mol. The Balaban J connectivity index is 1.23. The van der Waals surface area contributed by atoms with E-state index in [1.54, 1.807) is 30.0 Å². The number of hydrogen-bond acceptors (Lipinski definition) is 8. The van der Waals surface area contributed by atoms with Crippen molar-refractivity contribution in [3.63, 3.8) is 0 Å². The van der Waals surface area contributed by atoms with E-state index in [2.05, 4.69) is 15.1 Å². The Bertz CT molecular complexity index is 1490. The Morgan fingerprint density at radius 2 is 2.00 bits per heavy atom. The number of imidazole rings is 1. The highest BCUT2D eigenvalue weighted by atomic mass is 32.1. The zero-order valence-corrected chi connectivity index (χ0v) is 20.6. The van der Waals surface area contributed by atoms with E-state index in [1.807, 2.05) is 18.4 Å². The predicted molar refractivity (Wildman–Crippen MR) is 129 cm³/mol. The molecule has 0 unspecified atom stereocenters. The first-order chi connectivity index (χ1) is 17.4. The van der Waals surface area contributed by atoms with Gasteiger partial charge in [-0.1, -0.05) is 6.92 Å². The third kappa shape index (κ3) is 4.32. The Labute approximate surface area is 208 Å². The molecule has 11 heteroatoms. The maximum absolute atomic E-state index is 13.5. The monoisotopic (exact) mass is 514 g/mol. The molecular formula is C25H24F2N4O4S. The van der Waals surface area contributed by atoms with E-state index in [1.165, 1.54) is 11.3 Å². The first kappa shape index (κ1) is 23.0. The molecule has 0 spiro atoms. The largest absolute Gasteiger partial charge is 0.496 e. The Morgan fingerprint density at radius 3 is 2.75 bits per heavy atom. The summed E-state index contributed by atoms with van der Waals surface area (Å²) in [5, 5.41) is 7.93. The molecular weight excluding hydrogens is 490 g/mol. The maximum atomic E-state index is 13.5. The fourth-order valence-electron chi connectivity index (χ4n) is 4.46. The third-order valence-electron chi connectivity index (χ3n) is 6.46. The molecule has 0 saturated heterocycles. The summed E-state index contributed by atoms with van der Waals surface area (Å²) >= 11 is 1.50. The molecule has 1 saturated carbocycles. The van der Waals surface area contributed by atoms with E-state index < -0.39 is 5.92 Å². The summed E-state index contributed by atoms with van der Waals surface area (Å²) < 4.78 is 51.8. The molecule has 1 aromatic carbocycles. The Morgan fingerprint density at radius 1 is 1.17 bits per heavy atom. The molecule has 0 radical (unpaired) electrons. The van der Waals surface area contributed by atoms with Crippen LogP contribution in [-0.2, 0) is 13.0 Å². The topological polar surface area (TPSA) is 87.8 Å². The summed E-state index contributed by atoms with van der Waals surface area (Å²) in [7, 11) is 1.58. The van der Waals surface area contributed by atoms with Crippen LogP contribution in [0.15, 0.2) is 38.6 Å². The molecule has 0 aliphatic heterocycles. The zero-order chi connectivity index (χ0) is 24.9. The molecule has 0 bridgehead atoms. The minimum Gasteiger partial charge on any atom is -0.496 e. The van der Waals surface area contributed by atoms with Gasteiger partial charge in [0.1, 0.15) is 29.4 Å². The number of hydrogen-bond donors (Lipinski definition) is 0. The number of aromatic nitrogens is 4. The number of alkyl halides is 2. The van der Waals surface area contributed by atoms with Crippen LogP contribution in [-0.4, -0.2) is 32.6 Å². The lowest BCUT2D eigenvalue weighted by Gasteiger charge is -2.26. The summed E-state index contributed by atoms with van der Waals surface area (Å²) in [6.45, 7) is 2.20. The average Bonchev–Trinajstić information content (AvgIpc) is 3.64. The second kappa shape index (κ2) is 8.88. The lowest BCUT2D eigenvalue weighted by Crippen LogP contribution is -2.23. The van der Waals surface area contributed by atoms with Crippen LogP contribution >= 0.6 is 11.3 Å². The van der Waals surface area contributed by atoms with Crippen LogP contribution in [0.1, 0.15) is 55.1 Å². The van der Waals surface area contributed by atoms with Gasteiger partial charge in [0, 0.05) is 42.7 Å². The number of ether oxygens (including phenoxy) is 2. The quantitative estimate of drug-likeness (QED) is 0.241. The molecule has 0 amide bonds. The molecule has 6 rings (SSSR count). The molecule has 1 aliphatic rings. The van der Waals surface area contributed by atoms with E-state index >= 15 is 0 Å². The molecule has 4 heterocycles. The molecule has 188 valence electrons. The van der Waals surface area contributed by atoms with Crippen LogP contribution in [0.4, 0.5) is 8.78 Å². The standard InChI is InChI=1S/C25H24F2N4O4S/c1-3-22-30-31-11-18(29-24(31)35-22)21-10-17-19(8-16(32-2)9-20(17)34-21)33-12-15-13-36-23(28-15)14-4-6-25(26,27)7-5-14/h8-11,13-14H,3-7,12H2,1-2H3. The first-order valence-electron chi connectivity index (χ1n) is 11.8. The smallest absolute Gasteiger partial charge is 0.325 e. The van der Waals surface area contributed by atoms with Gasteiger partial charge in [0.2, 0.25) is 11.8 Å². The minimum absolute atomic E-state index is 0.0777. The second-order valence-corrected chi connectivity index (χ2v) is 9.84. The number of benzene rings is 1. The van der Waals surface area contributed by atoms with Crippen LogP contribution < -0.4 is 9.47 Å². The van der Waals surface area contributed by atoms with Crippen molar-refractivity contribution < 1.29 is 27.1 Å². The van der Waals surface area contributed by atoms with E-state index in [9.17, 15) is 8.78 Å². The Kier molecular flexibility index (Phi) is 5.66. The molecule has 4 aromatic heterocycles. The van der Waals surface area contributed by atoms with Gasteiger partial charge in [0.15, 0.2) is 5.76 Å². The highest BCUT2D eigenvalue weighted by molar-refractivity contribution is 7.09. The normalized spacial score (nSPS) is 16.2. The first-order valence-corrected chi connectivity index (χ1v) is 12.7. The third-order valence-corrected chi connectivity index (χ3v) is 7.52. The molecule has 0 atom stereocenters. The van der Waals surface area contributed by atoms with Gasteiger partial charge in [-0.2, -0.15) is 9.50 Å². The molecule has 8 nitrogen and oxygen atoms in total. The van der Waals surface area contributed by atoms with Crippen LogP contribution in [0.2, 0.25) is 0 Å². The zero-order valence-electron chi connectivity index (χ0n) is 19.8. The van der Waals surface area contributed by atoms with E-state index in [4.69, 9.17) is 18.3 Å². The number of aryl methyl sites for hydroxylation is 1. The summed E-state index contributed by atoms with van der Waals surface area (Å²) in [5.74, 6) is 0.274. The minimum atomic E-state index is -2.55. The van der Waals surface area contributed by atoms with Crippen LogP contribution in [0.25, 0.3) is 28.3 Å². The molecule has 1 fully saturated rings. The van der Waals surface area contributed by atoms with Gasteiger partial charge in [-0.25, -0.2) is 13.8 Å². The number of halogens is 2. The number of thiazole rings is 1. The SMILES string of the molecule is CCc1nn2cc(-c3cc4c(OCc5csc(C6CCC(F)(F)CC6)n5)cc(OC)cc4o3)nc2o1. The molecule has 0 N–H and O–H groups in total. The predicted octanol–water partition coefficient (Wildman–Crippen LogP) is 6.63. The molecule has 36 heavy (non-hydrogen) atoms. The summed E-state index contributed by atoms with van der Waals surface area (Å²) in [6.07, 6.45) is 3.20. The van der Waals surface area contributed by atoms with Crippen molar-refractivity contribution in [1.29, 1.82) is 0 Å². The van der Waals surface area contributed by atoms with Crippen LogP contribution in [0.3, 0.4) is 0 Å². The fraction of sp³-hybridized carbons (Fsp3) is 0.400. The molecule has 5 aromatic rings. The van der Waals surface area contributed by atoms with Crippen molar-refractivity contribution in [3.8, 4) is 23.0 Å². The fourth-order valence-corrected chi connectivity index (χ4v) is 5.44. The van der Waals surface area contributed by atoms with Gasteiger partial charge in [0.25, 0.3) is 0 Å². The van der Waals surface area contributed by atoms with Crippen molar-refractivity contribution in [2.75, 3.05) is 7.11 Å².